The Morgan fingerprint density at radius 1 is 0.388 bits per heavy atom. The second-order valence-corrected chi connectivity index (χ2v) is 12.9. The second kappa shape index (κ2) is 10.8. The lowest BCUT2D eigenvalue weighted by Crippen LogP contribution is -2.34. The predicted octanol–water partition coefficient (Wildman–Crippen LogP) is 12.1. The van der Waals surface area contributed by atoms with Gasteiger partial charge >= 0.3 is 0 Å². The van der Waals surface area contributed by atoms with E-state index in [-0.39, 0.29) is 0 Å². The Bertz CT molecular complexity index is 2650. The average Bonchev–Trinajstić information content (AvgIpc) is 3.49. The van der Waals surface area contributed by atoms with Crippen LogP contribution in [-0.2, 0) is 5.41 Å². The quantitative estimate of drug-likeness (QED) is 0.190. The van der Waals surface area contributed by atoms with E-state index in [4.69, 9.17) is 4.74 Å². The second-order valence-electron chi connectivity index (χ2n) is 12.9. The Morgan fingerprint density at radius 3 is 1.82 bits per heavy atom. The minimum Gasteiger partial charge on any atom is -0.457 e. The van der Waals surface area contributed by atoms with Crippen LogP contribution in [-0.4, -0.2) is 4.57 Å². The predicted molar refractivity (Wildman–Crippen MR) is 202 cm³/mol. The maximum atomic E-state index is 6.68. The first-order chi connectivity index (χ1) is 24.3. The van der Waals surface area contributed by atoms with E-state index in [1.54, 1.807) is 0 Å². The van der Waals surface area contributed by atoms with Crippen molar-refractivity contribution in [3.05, 3.63) is 210 Å². The molecule has 0 atom stereocenters. The molecule has 0 bridgehead atoms. The van der Waals surface area contributed by atoms with E-state index in [0.29, 0.717) is 0 Å². The van der Waals surface area contributed by atoms with Crippen molar-refractivity contribution in [1.29, 1.82) is 0 Å². The molecule has 9 aromatic rings. The fraction of sp³-hybridized carbons (Fsp3) is 0.0213. The van der Waals surface area contributed by atoms with E-state index in [9.17, 15) is 0 Å². The van der Waals surface area contributed by atoms with Crippen molar-refractivity contribution in [2.75, 3.05) is 0 Å². The van der Waals surface area contributed by atoms with Gasteiger partial charge in [-0.05, 0) is 81.6 Å². The van der Waals surface area contributed by atoms with Crippen molar-refractivity contribution in [1.82, 2.24) is 4.57 Å². The minimum atomic E-state index is -0.561. The van der Waals surface area contributed by atoms with Gasteiger partial charge in [0.2, 0.25) is 0 Å². The number of aromatic nitrogens is 1. The number of para-hydroxylation sites is 2. The van der Waals surface area contributed by atoms with Crippen LogP contribution in [0.3, 0.4) is 0 Å². The van der Waals surface area contributed by atoms with Gasteiger partial charge in [0, 0.05) is 27.6 Å². The summed E-state index contributed by atoms with van der Waals surface area (Å²) < 4.78 is 9.09. The SMILES string of the molecule is c1ccc(C2(c3ccccc3)c3ccccc3Oc3ccc(-c4cccc(-n5c6ccccc6c6cc7ccccc7cc65)c4)cc32)cc1. The Morgan fingerprint density at radius 2 is 1.02 bits per heavy atom. The Labute approximate surface area is 285 Å². The number of hydrogen-bond acceptors (Lipinski definition) is 1. The van der Waals surface area contributed by atoms with E-state index in [0.717, 1.165) is 39.4 Å². The van der Waals surface area contributed by atoms with Crippen LogP contribution in [0.2, 0.25) is 0 Å². The van der Waals surface area contributed by atoms with E-state index in [1.165, 1.54) is 43.7 Å². The summed E-state index contributed by atoms with van der Waals surface area (Å²) in [6.07, 6.45) is 0. The summed E-state index contributed by atoms with van der Waals surface area (Å²) >= 11 is 0. The lowest BCUT2D eigenvalue weighted by molar-refractivity contribution is 0.434. The third-order valence-electron chi connectivity index (χ3n) is 10.3. The molecule has 230 valence electrons. The molecule has 0 unspecified atom stereocenters. The van der Waals surface area contributed by atoms with Gasteiger partial charge in [-0.2, -0.15) is 0 Å². The molecule has 10 rings (SSSR count). The summed E-state index contributed by atoms with van der Waals surface area (Å²) in [7, 11) is 0. The van der Waals surface area contributed by atoms with Gasteiger partial charge in [0.15, 0.2) is 0 Å². The van der Waals surface area contributed by atoms with Gasteiger partial charge in [-0.3, -0.25) is 0 Å². The van der Waals surface area contributed by atoms with Crippen LogP contribution in [0.1, 0.15) is 22.3 Å². The van der Waals surface area contributed by atoms with Crippen LogP contribution >= 0.6 is 0 Å². The lowest BCUT2D eigenvalue weighted by atomic mass is 9.63. The summed E-state index contributed by atoms with van der Waals surface area (Å²) in [6, 6.07) is 67.9. The van der Waals surface area contributed by atoms with Crippen LogP contribution in [0.15, 0.2) is 188 Å². The first-order valence-corrected chi connectivity index (χ1v) is 16.8. The van der Waals surface area contributed by atoms with Crippen molar-refractivity contribution in [2.45, 2.75) is 5.41 Å². The zero-order valence-electron chi connectivity index (χ0n) is 26.8. The lowest BCUT2D eigenvalue weighted by Gasteiger charge is -2.41. The molecule has 2 heteroatoms. The molecule has 0 saturated carbocycles. The summed E-state index contributed by atoms with van der Waals surface area (Å²) in [5.41, 5.74) is 9.98. The van der Waals surface area contributed by atoms with Gasteiger partial charge in [0.05, 0.1) is 16.4 Å². The standard InChI is InChI=1S/C47H31NO/c1-3-17-36(18-4-1)47(37-19-5-2-6-20-37)41-23-10-12-25-45(41)49-46-27-26-35(30-42(46)47)32-16-13-21-38(28-32)48-43-24-11-9-22-39(43)40-29-33-14-7-8-15-34(33)31-44(40)48/h1-31H. The van der Waals surface area contributed by atoms with Crippen LogP contribution in [0, 0.1) is 0 Å². The molecule has 2 nitrogen and oxygen atoms in total. The highest BCUT2D eigenvalue weighted by atomic mass is 16.5. The maximum Gasteiger partial charge on any atom is 0.132 e. The topological polar surface area (TPSA) is 14.2 Å². The number of hydrogen-bond donors (Lipinski definition) is 0. The molecular formula is C47H31NO. The molecule has 49 heavy (non-hydrogen) atoms. The molecule has 0 amide bonds. The van der Waals surface area contributed by atoms with Crippen molar-refractivity contribution in [3.63, 3.8) is 0 Å². The molecule has 1 aromatic heterocycles. The van der Waals surface area contributed by atoms with E-state index in [2.05, 4.69) is 193 Å². The largest absolute Gasteiger partial charge is 0.457 e. The zero-order chi connectivity index (χ0) is 32.4. The van der Waals surface area contributed by atoms with Gasteiger partial charge in [0.1, 0.15) is 11.5 Å². The van der Waals surface area contributed by atoms with E-state index < -0.39 is 5.41 Å². The minimum absolute atomic E-state index is 0.561. The average molecular weight is 626 g/mol. The Kier molecular flexibility index (Phi) is 6.13. The highest BCUT2D eigenvalue weighted by molar-refractivity contribution is 6.13. The molecule has 1 aliphatic rings. The number of nitrogens with zero attached hydrogens (tertiary/aromatic N) is 1. The van der Waals surface area contributed by atoms with Crippen molar-refractivity contribution in [2.24, 2.45) is 0 Å². The molecule has 0 spiro atoms. The van der Waals surface area contributed by atoms with Crippen LogP contribution in [0.5, 0.6) is 11.5 Å². The smallest absolute Gasteiger partial charge is 0.132 e. The maximum absolute atomic E-state index is 6.68. The first kappa shape index (κ1) is 27.7. The van der Waals surface area contributed by atoms with Crippen LogP contribution in [0.25, 0.3) is 49.4 Å². The van der Waals surface area contributed by atoms with Gasteiger partial charge in [-0.15, -0.1) is 0 Å². The Balaban J connectivity index is 1.21. The first-order valence-electron chi connectivity index (χ1n) is 16.8. The van der Waals surface area contributed by atoms with Crippen molar-refractivity contribution < 1.29 is 4.74 Å². The van der Waals surface area contributed by atoms with Gasteiger partial charge < -0.3 is 9.30 Å². The highest BCUT2D eigenvalue weighted by Crippen LogP contribution is 2.55. The molecule has 0 saturated heterocycles. The monoisotopic (exact) mass is 625 g/mol. The molecule has 0 radical (unpaired) electrons. The molecule has 2 heterocycles. The molecule has 0 fully saturated rings. The number of ether oxygens (including phenoxy) is 1. The number of fused-ring (bicyclic) bond motifs is 6. The van der Waals surface area contributed by atoms with Gasteiger partial charge in [-0.25, -0.2) is 0 Å². The van der Waals surface area contributed by atoms with Crippen LogP contribution in [0.4, 0.5) is 0 Å². The number of rotatable bonds is 4. The fourth-order valence-electron chi connectivity index (χ4n) is 8.14. The molecule has 0 aliphatic carbocycles. The molecule has 0 N–H and O–H groups in total. The van der Waals surface area contributed by atoms with Crippen LogP contribution < -0.4 is 4.74 Å². The third-order valence-corrected chi connectivity index (χ3v) is 10.3. The Hall–Kier alpha value is -6.38. The normalized spacial score (nSPS) is 13.2. The summed E-state index contributed by atoms with van der Waals surface area (Å²) in [5.74, 6) is 1.76. The summed E-state index contributed by atoms with van der Waals surface area (Å²) in [5, 5.41) is 5.02. The molecular weight excluding hydrogens is 595 g/mol. The van der Waals surface area contributed by atoms with Gasteiger partial charge in [-0.1, -0.05) is 140 Å². The summed E-state index contributed by atoms with van der Waals surface area (Å²) in [6.45, 7) is 0. The number of benzene rings is 8. The molecule has 8 aromatic carbocycles. The zero-order valence-corrected chi connectivity index (χ0v) is 26.8. The highest BCUT2D eigenvalue weighted by Gasteiger charge is 2.45. The third kappa shape index (κ3) is 4.14. The fourth-order valence-corrected chi connectivity index (χ4v) is 8.14. The van der Waals surface area contributed by atoms with E-state index in [1.807, 2.05) is 0 Å². The van der Waals surface area contributed by atoms with Crippen molar-refractivity contribution >= 4 is 32.6 Å². The summed E-state index contributed by atoms with van der Waals surface area (Å²) in [4.78, 5) is 0. The van der Waals surface area contributed by atoms with E-state index >= 15 is 0 Å². The van der Waals surface area contributed by atoms with Gasteiger partial charge in [0.25, 0.3) is 0 Å². The van der Waals surface area contributed by atoms with Crippen molar-refractivity contribution in [3.8, 4) is 28.3 Å². The molecule has 1 aliphatic heterocycles.